The highest BCUT2D eigenvalue weighted by atomic mass is 14.5. The average molecular weight is 272 g/mol. The first kappa shape index (κ1) is 15.6. The summed E-state index contributed by atoms with van der Waals surface area (Å²) in [4.78, 5) is 0. The second kappa shape index (κ2) is 5.92. The van der Waals surface area contributed by atoms with Crippen molar-refractivity contribution in [2.45, 2.75) is 73.1 Å². The Bertz CT molecular complexity index is 441. The summed E-state index contributed by atoms with van der Waals surface area (Å²) in [5.41, 5.74) is 6.73. The predicted molar refractivity (Wildman–Crippen MR) is 89.7 cm³/mol. The Kier molecular flexibility index (Phi) is 4.62. The van der Waals surface area contributed by atoms with Crippen molar-refractivity contribution in [2.75, 3.05) is 0 Å². The quantitative estimate of drug-likeness (QED) is 0.444. The van der Waals surface area contributed by atoms with Crippen molar-refractivity contribution < 1.29 is 0 Å². The molecule has 0 saturated heterocycles. The van der Waals surface area contributed by atoms with Crippen LogP contribution in [0, 0.1) is 17.3 Å². The zero-order chi connectivity index (χ0) is 14.9. The molecule has 3 rings (SSSR count). The van der Waals surface area contributed by atoms with Gasteiger partial charge in [0.25, 0.3) is 0 Å². The van der Waals surface area contributed by atoms with Gasteiger partial charge in [-0.25, -0.2) is 0 Å². The molecule has 0 aromatic carbocycles. The molecule has 0 spiro atoms. The van der Waals surface area contributed by atoms with Gasteiger partial charge in [0.1, 0.15) is 0 Å². The molecule has 3 aliphatic rings. The van der Waals surface area contributed by atoms with E-state index in [-0.39, 0.29) is 0 Å². The van der Waals surface area contributed by atoms with Crippen molar-refractivity contribution in [2.24, 2.45) is 17.3 Å². The molecule has 2 atom stereocenters. The van der Waals surface area contributed by atoms with Gasteiger partial charge in [-0.15, -0.1) is 0 Å². The third kappa shape index (κ3) is 3.10. The normalized spacial score (nSPS) is 30.8. The fourth-order valence-electron chi connectivity index (χ4n) is 4.05. The summed E-state index contributed by atoms with van der Waals surface area (Å²) in [6.45, 7) is 15.6. The lowest BCUT2D eigenvalue weighted by Gasteiger charge is -2.31. The van der Waals surface area contributed by atoms with Gasteiger partial charge in [0.15, 0.2) is 0 Å². The average Bonchev–Trinajstić information content (AvgIpc) is 2.95. The van der Waals surface area contributed by atoms with Crippen LogP contribution in [0.3, 0.4) is 0 Å². The van der Waals surface area contributed by atoms with Crippen LogP contribution in [0.1, 0.15) is 73.1 Å². The van der Waals surface area contributed by atoms with Gasteiger partial charge in [0, 0.05) is 0 Å². The number of hydrogen-bond acceptors (Lipinski definition) is 0. The highest BCUT2D eigenvalue weighted by Gasteiger charge is 2.47. The van der Waals surface area contributed by atoms with Gasteiger partial charge in [-0.05, 0) is 76.5 Å². The monoisotopic (exact) mass is 272 g/mol. The van der Waals surface area contributed by atoms with Crippen LogP contribution in [0.15, 0.2) is 34.9 Å². The van der Waals surface area contributed by atoms with E-state index >= 15 is 0 Å². The molecular formula is C20H32. The predicted octanol–water partition coefficient (Wildman–Crippen LogP) is 6.45. The molecule has 2 fully saturated rings. The van der Waals surface area contributed by atoms with E-state index in [2.05, 4.69) is 47.3 Å². The van der Waals surface area contributed by atoms with E-state index in [1.54, 1.807) is 11.1 Å². The van der Waals surface area contributed by atoms with E-state index in [1.165, 1.54) is 49.7 Å². The minimum Gasteiger partial charge on any atom is -0.0990 e. The summed E-state index contributed by atoms with van der Waals surface area (Å²) >= 11 is 0. The van der Waals surface area contributed by atoms with E-state index in [4.69, 9.17) is 0 Å². The standard InChI is InChI=1S/2C10H16/c1-7-8-4-5-9(6-8)10(7,2)3;1-8(2)10-6-4-9(3)5-7-10/h8-9H,1,4-6H2,2-3H3;4H,5-7H2,1-3H3. The van der Waals surface area contributed by atoms with Crippen LogP contribution in [-0.2, 0) is 0 Å². The molecule has 0 aromatic heterocycles. The molecule has 0 heteroatoms. The molecule has 2 unspecified atom stereocenters. The van der Waals surface area contributed by atoms with Crippen LogP contribution < -0.4 is 0 Å². The molecule has 0 aliphatic heterocycles. The Labute approximate surface area is 126 Å². The zero-order valence-electron chi connectivity index (χ0n) is 14.2. The first-order valence-electron chi connectivity index (χ1n) is 8.32. The second-order valence-electron chi connectivity index (χ2n) is 7.81. The molecule has 0 radical (unpaired) electrons. The van der Waals surface area contributed by atoms with Crippen LogP contribution in [0.25, 0.3) is 0 Å². The second-order valence-corrected chi connectivity index (χ2v) is 7.81. The van der Waals surface area contributed by atoms with Gasteiger partial charge in [0.05, 0.1) is 0 Å². The number of fused-ring (bicyclic) bond motifs is 2. The first-order chi connectivity index (χ1) is 9.32. The Hall–Kier alpha value is -0.780. The molecule has 2 saturated carbocycles. The van der Waals surface area contributed by atoms with Gasteiger partial charge in [-0.1, -0.05) is 48.8 Å². The van der Waals surface area contributed by atoms with Crippen molar-refractivity contribution >= 4 is 0 Å². The fourth-order valence-corrected chi connectivity index (χ4v) is 4.05. The molecule has 3 aliphatic carbocycles. The fraction of sp³-hybridized carbons (Fsp3) is 0.700. The summed E-state index contributed by atoms with van der Waals surface area (Å²) in [5, 5.41) is 0. The van der Waals surface area contributed by atoms with Crippen LogP contribution in [0.2, 0.25) is 0 Å². The first-order valence-corrected chi connectivity index (χ1v) is 8.32. The maximum atomic E-state index is 4.19. The van der Waals surface area contributed by atoms with Crippen molar-refractivity contribution in [1.29, 1.82) is 0 Å². The summed E-state index contributed by atoms with van der Waals surface area (Å²) in [7, 11) is 0. The molecule has 112 valence electrons. The van der Waals surface area contributed by atoms with Gasteiger partial charge in [-0.3, -0.25) is 0 Å². The molecule has 0 N–H and O–H groups in total. The largest absolute Gasteiger partial charge is 0.0990 e. The van der Waals surface area contributed by atoms with Crippen molar-refractivity contribution in [1.82, 2.24) is 0 Å². The van der Waals surface area contributed by atoms with Crippen LogP contribution >= 0.6 is 0 Å². The maximum Gasteiger partial charge on any atom is -0.0116 e. The third-order valence-electron chi connectivity index (χ3n) is 6.00. The van der Waals surface area contributed by atoms with E-state index in [1.807, 2.05) is 0 Å². The Morgan fingerprint density at radius 2 is 1.90 bits per heavy atom. The van der Waals surface area contributed by atoms with Gasteiger partial charge in [0.2, 0.25) is 0 Å². The van der Waals surface area contributed by atoms with E-state index in [9.17, 15) is 0 Å². The number of hydrogen-bond donors (Lipinski definition) is 0. The van der Waals surface area contributed by atoms with Crippen LogP contribution in [0.4, 0.5) is 0 Å². The summed E-state index contributed by atoms with van der Waals surface area (Å²) in [5.74, 6) is 1.85. The zero-order valence-corrected chi connectivity index (χ0v) is 14.2. The molecule has 0 aromatic rings. The van der Waals surface area contributed by atoms with Crippen molar-refractivity contribution in [3.63, 3.8) is 0 Å². The SMILES string of the molecule is C=C1C2CCC(C2)C1(C)C.CC1=CCC(=C(C)C)CC1. The summed E-state index contributed by atoms with van der Waals surface area (Å²) in [6, 6.07) is 0. The van der Waals surface area contributed by atoms with Crippen LogP contribution in [0.5, 0.6) is 0 Å². The smallest absolute Gasteiger partial charge is 0.0116 e. The minimum atomic E-state index is 0.475. The van der Waals surface area contributed by atoms with E-state index < -0.39 is 0 Å². The Morgan fingerprint density at radius 1 is 1.20 bits per heavy atom. The molecule has 0 heterocycles. The minimum absolute atomic E-state index is 0.475. The Morgan fingerprint density at radius 3 is 2.25 bits per heavy atom. The third-order valence-corrected chi connectivity index (χ3v) is 6.00. The van der Waals surface area contributed by atoms with E-state index in [0.717, 1.165) is 11.8 Å². The number of rotatable bonds is 0. The van der Waals surface area contributed by atoms with Gasteiger partial charge >= 0.3 is 0 Å². The molecule has 0 nitrogen and oxygen atoms in total. The van der Waals surface area contributed by atoms with Crippen molar-refractivity contribution in [3.8, 4) is 0 Å². The van der Waals surface area contributed by atoms with E-state index in [0.29, 0.717) is 5.41 Å². The highest BCUT2D eigenvalue weighted by molar-refractivity contribution is 5.22. The van der Waals surface area contributed by atoms with Crippen LogP contribution in [-0.4, -0.2) is 0 Å². The van der Waals surface area contributed by atoms with Gasteiger partial charge in [-0.2, -0.15) is 0 Å². The topological polar surface area (TPSA) is 0 Å². The maximum absolute atomic E-state index is 4.19. The molecule has 0 amide bonds. The molecule has 20 heavy (non-hydrogen) atoms. The summed E-state index contributed by atoms with van der Waals surface area (Å²) in [6.07, 6.45) is 10.4. The molecule has 2 bridgehead atoms. The lowest BCUT2D eigenvalue weighted by molar-refractivity contribution is 0.289. The highest BCUT2D eigenvalue weighted by Crippen LogP contribution is 2.58. The van der Waals surface area contributed by atoms with Gasteiger partial charge < -0.3 is 0 Å². The summed E-state index contributed by atoms with van der Waals surface area (Å²) < 4.78 is 0. The van der Waals surface area contributed by atoms with Crippen molar-refractivity contribution in [3.05, 3.63) is 34.9 Å². The lowest BCUT2D eigenvalue weighted by atomic mass is 9.73. The number of allylic oxidation sites excluding steroid dienone is 5. The molecular weight excluding hydrogens is 240 g/mol. The lowest BCUT2D eigenvalue weighted by Crippen LogP contribution is -2.21. The Balaban J connectivity index is 0.000000147.